The Hall–Kier alpha value is -0.530. The van der Waals surface area contributed by atoms with Crippen LogP contribution in [0.3, 0.4) is 0 Å². The van der Waals surface area contributed by atoms with Gasteiger partial charge in [-0.05, 0) is 18.3 Å². The van der Waals surface area contributed by atoms with E-state index in [9.17, 15) is 4.79 Å². The average molecular weight is 313 g/mol. The molecule has 0 aliphatic rings. The minimum absolute atomic E-state index is 0.343. The summed E-state index contributed by atoms with van der Waals surface area (Å²) in [7, 11) is 0. The molecule has 0 rings (SSSR count). The van der Waals surface area contributed by atoms with Crippen molar-refractivity contribution in [2.45, 2.75) is 117 Å². The molecule has 0 amide bonds. The summed E-state index contributed by atoms with van der Waals surface area (Å²) < 4.78 is 0. The normalized spacial score (nSPS) is 11.8. The van der Waals surface area contributed by atoms with Gasteiger partial charge < -0.3 is 5.11 Å². The molecule has 0 radical (unpaired) electrons. The van der Waals surface area contributed by atoms with E-state index in [0.717, 1.165) is 12.8 Å². The first-order chi connectivity index (χ1) is 10.4. The molecule has 132 valence electrons. The Morgan fingerprint density at radius 3 is 1.27 bits per heavy atom. The average Bonchev–Trinajstić information content (AvgIpc) is 2.41. The van der Waals surface area contributed by atoms with Crippen LogP contribution >= 0.6 is 0 Å². The predicted octanol–water partition coefficient (Wildman–Crippen LogP) is 6.97. The van der Waals surface area contributed by atoms with Gasteiger partial charge in [0.05, 0.1) is 0 Å². The zero-order valence-corrected chi connectivity index (χ0v) is 15.5. The van der Waals surface area contributed by atoms with Gasteiger partial charge in [0.2, 0.25) is 0 Å². The summed E-state index contributed by atoms with van der Waals surface area (Å²) in [6, 6.07) is 0. The fraction of sp³-hybridized carbons (Fsp3) is 0.950. The molecule has 22 heavy (non-hydrogen) atoms. The van der Waals surface area contributed by atoms with Crippen LogP contribution in [0.25, 0.3) is 0 Å². The van der Waals surface area contributed by atoms with Crippen molar-refractivity contribution in [1.82, 2.24) is 0 Å². The highest BCUT2D eigenvalue weighted by Gasteiger charge is 2.08. The topological polar surface area (TPSA) is 37.3 Å². The molecule has 0 atom stereocenters. The predicted molar refractivity (Wildman–Crippen MR) is 96.3 cm³/mol. The Bertz CT molecular complexity index is 253. The van der Waals surface area contributed by atoms with Gasteiger partial charge in [0.25, 0.3) is 0 Å². The van der Waals surface area contributed by atoms with E-state index in [-0.39, 0.29) is 0 Å². The van der Waals surface area contributed by atoms with E-state index in [1.54, 1.807) is 0 Å². The van der Waals surface area contributed by atoms with Crippen molar-refractivity contribution >= 4 is 5.97 Å². The van der Waals surface area contributed by atoms with Crippen molar-refractivity contribution in [1.29, 1.82) is 0 Å². The number of carbonyl (C=O) groups is 1. The fourth-order valence-electron chi connectivity index (χ4n) is 2.88. The van der Waals surface area contributed by atoms with Gasteiger partial charge in [-0.3, -0.25) is 4.79 Å². The van der Waals surface area contributed by atoms with Crippen molar-refractivity contribution in [2.75, 3.05) is 0 Å². The van der Waals surface area contributed by atoms with Crippen molar-refractivity contribution in [3.63, 3.8) is 0 Å². The molecule has 0 aromatic carbocycles. The van der Waals surface area contributed by atoms with Crippen LogP contribution in [-0.4, -0.2) is 11.1 Å². The zero-order valence-electron chi connectivity index (χ0n) is 15.5. The molecule has 0 spiro atoms. The molecule has 0 bridgehead atoms. The first kappa shape index (κ1) is 21.5. The second kappa shape index (κ2) is 14.1. The van der Waals surface area contributed by atoms with Crippen LogP contribution in [0.1, 0.15) is 117 Å². The third kappa shape index (κ3) is 19.5. The molecule has 0 fully saturated rings. The zero-order chi connectivity index (χ0) is 16.7. The smallest absolute Gasteiger partial charge is 0.303 e. The van der Waals surface area contributed by atoms with Crippen LogP contribution in [0, 0.1) is 5.41 Å². The maximum absolute atomic E-state index is 10.4. The van der Waals surface area contributed by atoms with E-state index in [1.807, 2.05) is 0 Å². The molecular weight excluding hydrogens is 272 g/mol. The second-order valence-electron chi connectivity index (χ2n) is 8.05. The maximum Gasteiger partial charge on any atom is 0.303 e. The first-order valence-corrected chi connectivity index (χ1v) is 9.63. The van der Waals surface area contributed by atoms with Crippen molar-refractivity contribution in [3.05, 3.63) is 0 Å². The molecule has 0 aliphatic heterocycles. The van der Waals surface area contributed by atoms with Crippen molar-refractivity contribution < 1.29 is 9.90 Å². The molecule has 1 N–H and O–H groups in total. The summed E-state index contributed by atoms with van der Waals surface area (Å²) in [5.41, 5.74) is 0.508. The summed E-state index contributed by atoms with van der Waals surface area (Å²) >= 11 is 0. The summed E-state index contributed by atoms with van der Waals surface area (Å²) in [5.74, 6) is -0.654. The number of hydrogen-bond acceptors (Lipinski definition) is 1. The van der Waals surface area contributed by atoms with E-state index >= 15 is 0 Å². The van der Waals surface area contributed by atoms with Crippen LogP contribution in [-0.2, 0) is 4.79 Å². The van der Waals surface area contributed by atoms with Crippen LogP contribution in [0.5, 0.6) is 0 Å². The number of carboxylic acids is 1. The van der Waals surface area contributed by atoms with Gasteiger partial charge in [-0.1, -0.05) is 97.8 Å². The van der Waals surface area contributed by atoms with Gasteiger partial charge in [0, 0.05) is 6.42 Å². The third-order valence-electron chi connectivity index (χ3n) is 4.32. The number of hydrogen-bond donors (Lipinski definition) is 1. The molecule has 0 unspecified atom stereocenters. The molecule has 0 aromatic rings. The van der Waals surface area contributed by atoms with E-state index in [4.69, 9.17) is 5.11 Å². The van der Waals surface area contributed by atoms with E-state index in [2.05, 4.69) is 20.8 Å². The number of rotatable bonds is 15. The molecule has 0 saturated heterocycles. The molecule has 0 aliphatic carbocycles. The lowest BCUT2D eigenvalue weighted by atomic mass is 9.89. The van der Waals surface area contributed by atoms with Gasteiger partial charge in [0.1, 0.15) is 0 Å². The highest BCUT2D eigenvalue weighted by atomic mass is 16.4. The van der Waals surface area contributed by atoms with Crippen LogP contribution in [0.2, 0.25) is 0 Å². The van der Waals surface area contributed by atoms with Gasteiger partial charge in [-0.15, -0.1) is 0 Å². The highest BCUT2D eigenvalue weighted by molar-refractivity contribution is 5.66. The van der Waals surface area contributed by atoms with Crippen LogP contribution in [0.15, 0.2) is 0 Å². The standard InChI is InChI=1S/C20H40O2/c1-20(2,3)18-16-14-12-10-8-6-4-5-7-9-11-13-15-17-19(21)22/h4-18H2,1-3H3,(H,21,22). The second-order valence-corrected chi connectivity index (χ2v) is 8.05. The summed E-state index contributed by atoms with van der Waals surface area (Å²) in [6.07, 6.45) is 18.7. The quantitative estimate of drug-likeness (QED) is 0.331. The SMILES string of the molecule is CC(C)(C)CCCCCCCCCCCCCCCC(=O)O. The Morgan fingerprint density at radius 1 is 0.636 bits per heavy atom. The van der Waals surface area contributed by atoms with Crippen LogP contribution in [0.4, 0.5) is 0 Å². The van der Waals surface area contributed by atoms with E-state index in [0.29, 0.717) is 11.8 Å². The van der Waals surface area contributed by atoms with Gasteiger partial charge in [-0.25, -0.2) is 0 Å². The lowest BCUT2D eigenvalue weighted by molar-refractivity contribution is -0.137. The molecule has 2 nitrogen and oxygen atoms in total. The summed E-state index contributed by atoms with van der Waals surface area (Å²) in [4.78, 5) is 10.4. The van der Waals surface area contributed by atoms with Crippen molar-refractivity contribution in [2.24, 2.45) is 5.41 Å². The molecule has 0 aromatic heterocycles. The maximum atomic E-state index is 10.4. The fourth-order valence-corrected chi connectivity index (χ4v) is 2.88. The van der Waals surface area contributed by atoms with E-state index < -0.39 is 5.97 Å². The highest BCUT2D eigenvalue weighted by Crippen LogP contribution is 2.22. The number of aliphatic carboxylic acids is 1. The first-order valence-electron chi connectivity index (χ1n) is 9.63. The van der Waals surface area contributed by atoms with Crippen LogP contribution < -0.4 is 0 Å². The Balaban J connectivity index is 3.04. The Labute approximate surface area is 139 Å². The number of unbranched alkanes of at least 4 members (excludes halogenated alkanes) is 12. The third-order valence-corrected chi connectivity index (χ3v) is 4.32. The largest absolute Gasteiger partial charge is 0.481 e. The Kier molecular flexibility index (Phi) is 13.7. The minimum atomic E-state index is -0.654. The van der Waals surface area contributed by atoms with Crippen molar-refractivity contribution in [3.8, 4) is 0 Å². The van der Waals surface area contributed by atoms with Gasteiger partial charge in [-0.2, -0.15) is 0 Å². The molecule has 0 heterocycles. The lowest BCUT2D eigenvalue weighted by Gasteiger charge is -2.17. The van der Waals surface area contributed by atoms with E-state index in [1.165, 1.54) is 77.0 Å². The lowest BCUT2D eigenvalue weighted by Crippen LogP contribution is -2.03. The molecule has 0 saturated carbocycles. The number of carboxylic acid groups (broad SMARTS) is 1. The Morgan fingerprint density at radius 2 is 0.955 bits per heavy atom. The molecular formula is C20H40O2. The minimum Gasteiger partial charge on any atom is -0.481 e. The summed E-state index contributed by atoms with van der Waals surface area (Å²) in [6.45, 7) is 7.00. The monoisotopic (exact) mass is 312 g/mol. The molecule has 2 heteroatoms. The summed E-state index contributed by atoms with van der Waals surface area (Å²) in [5, 5.41) is 8.54. The van der Waals surface area contributed by atoms with Gasteiger partial charge in [0.15, 0.2) is 0 Å². The van der Waals surface area contributed by atoms with Gasteiger partial charge >= 0.3 is 5.97 Å².